The molecule has 0 unspecified atom stereocenters. The highest BCUT2D eigenvalue weighted by molar-refractivity contribution is 5.95. The SMILES string of the molecule is C[C@H]1CCCOc2ncnc3c2N(CN3)c2ccc(C(N)=O)c(n2)O1. The highest BCUT2D eigenvalue weighted by Gasteiger charge is 2.29. The summed E-state index contributed by atoms with van der Waals surface area (Å²) in [5.41, 5.74) is 6.44. The Morgan fingerprint density at radius 3 is 3.08 bits per heavy atom. The summed E-state index contributed by atoms with van der Waals surface area (Å²) in [5, 5.41) is 3.19. The Bertz CT molecular complexity index is 828. The van der Waals surface area contributed by atoms with Crippen LogP contribution in [0, 0.1) is 0 Å². The molecule has 2 aliphatic heterocycles. The zero-order valence-electron chi connectivity index (χ0n) is 13.7. The predicted molar refractivity (Wildman–Crippen MR) is 90.2 cm³/mol. The third kappa shape index (κ3) is 2.77. The molecule has 0 spiro atoms. The van der Waals surface area contributed by atoms with Gasteiger partial charge in [-0.3, -0.25) is 4.79 Å². The fourth-order valence-corrected chi connectivity index (χ4v) is 2.92. The maximum absolute atomic E-state index is 11.7. The lowest BCUT2D eigenvalue weighted by Crippen LogP contribution is -2.23. The molecule has 0 fully saturated rings. The average molecular weight is 342 g/mol. The van der Waals surface area contributed by atoms with Gasteiger partial charge >= 0.3 is 0 Å². The van der Waals surface area contributed by atoms with Crippen LogP contribution in [0.15, 0.2) is 18.5 Å². The standard InChI is InChI=1S/C16H18N6O3/c1-9-3-2-6-24-16-12-14(18-7-19-16)20-8-22(12)11-5-4-10(13(17)23)15(21-11)25-9/h4-5,7,9H,2-3,6,8H2,1H3,(H2,17,23)(H,18,19,20)/t9-/m0/s1. The summed E-state index contributed by atoms with van der Waals surface area (Å²) < 4.78 is 11.7. The van der Waals surface area contributed by atoms with Crippen molar-refractivity contribution in [2.24, 2.45) is 5.73 Å². The number of hydrogen-bond acceptors (Lipinski definition) is 8. The maximum Gasteiger partial charge on any atom is 0.254 e. The second kappa shape index (κ2) is 6.08. The lowest BCUT2D eigenvalue weighted by molar-refractivity contribution is 0.0991. The summed E-state index contributed by atoms with van der Waals surface area (Å²) in [5.74, 6) is 1.45. The van der Waals surface area contributed by atoms with Crippen LogP contribution in [-0.2, 0) is 0 Å². The normalized spacial score (nSPS) is 18.8. The van der Waals surface area contributed by atoms with E-state index in [0.717, 1.165) is 18.5 Å². The van der Waals surface area contributed by atoms with Crippen molar-refractivity contribution in [3.05, 3.63) is 24.0 Å². The minimum atomic E-state index is -0.569. The summed E-state index contributed by atoms with van der Waals surface area (Å²) in [6.45, 7) is 2.90. The number of carbonyl (C=O) groups excluding carboxylic acids is 1. The van der Waals surface area contributed by atoms with Gasteiger partial charge in [0.15, 0.2) is 11.5 Å². The molecule has 9 nitrogen and oxygen atoms in total. The molecule has 2 aliphatic rings. The van der Waals surface area contributed by atoms with Gasteiger partial charge in [-0.25, -0.2) is 4.98 Å². The Labute approximate surface area is 144 Å². The minimum Gasteiger partial charge on any atom is -0.476 e. The van der Waals surface area contributed by atoms with E-state index < -0.39 is 5.91 Å². The van der Waals surface area contributed by atoms with Crippen molar-refractivity contribution >= 4 is 23.2 Å². The van der Waals surface area contributed by atoms with Crippen LogP contribution >= 0.6 is 0 Å². The smallest absolute Gasteiger partial charge is 0.254 e. The van der Waals surface area contributed by atoms with E-state index in [1.165, 1.54) is 6.33 Å². The molecule has 0 aromatic carbocycles. The van der Waals surface area contributed by atoms with E-state index in [2.05, 4.69) is 20.3 Å². The fourth-order valence-electron chi connectivity index (χ4n) is 2.92. The van der Waals surface area contributed by atoms with Crippen molar-refractivity contribution in [3.63, 3.8) is 0 Å². The zero-order valence-corrected chi connectivity index (χ0v) is 13.7. The molecule has 2 aromatic rings. The summed E-state index contributed by atoms with van der Waals surface area (Å²) in [7, 11) is 0. The number of primary amides is 1. The summed E-state index contributed by atoms with van der Waals surface area (Å²) >= 11 is 0. The third-order valence-corrected chi connectivity index (χ3v) is 4.16. The predicted octanol–water partition coefficient (Wildman–Crippen LogP) is 1.43. The van der Waals surface area contributed by atoms with Crippen LogP contribution in [0.5, 0.6) is 11.8 Å². The van der Waals surface area contributed by atoms with Crippen LogP contribution in [0.1, 0.15) is 30.1 Å². The molecule has 3 N–H and O–H groups in total. The van der Waals surface area contributed by atoms with Crippen LogP contribution in [-0.4, -0.2) is 40.2 Å². The van der Waals surface area contributed by atoms with Gasteiger partial charge in [0.25, 0.3) is 5.91 Å². The van der Waals surface area contributed by atoms with Gasteiger partial charge in [0.1, 0.15) is 17.7 Å². The number of anilines is 3. The third-order valence-electron chi connectivity index (χ3n) is 4.16. The summed E-state index contributed by atoms with van der Waals surface area (Å²) in [6.07, 6.45) is 2.87. The molecule has 1 amide bonds. The van der Waals surface area contributed by atoms with Crippen molar-refractivity contribution in [2.45, 2.75) is 25.9 Å². The Balaban J connectivity index is 1.84. The van der Waals surface area contributed by atoms with Crippen molar-refractivity contribution in [1.29, 1.82) is 0 Å². The zero-order chi connectivity index (χ0) is 17.4. The van der Waals surface area contributed by atoms with Crippen LogP contribution in [0.4, 0.5) is 17.3 Å². The molecule has 4 rings (SSSR count). The van der Waals surface area contributed by atoms with E-state index in [1.54, 1.807) is 12.1 Å². The monoisotopic (exact) mass is 342 g/mol. The van der Waals surface area contributed by atoms with Crippen molar-refractivity contribution in [3.8, 4) is 11.8 Å². The quantitative estimate of drug-likeness (QED) is 0.800. The first-order valence-corrected chi connectivity index (χ1v) is 8.10. The largest absolute Gasteiger partial charge is 0.476 e. The summed E-state index contributed by atoms with van der Waals surface area (Å²) in [6, 6.07) is 3.34. The molecular weight excluding hydrogens is 324 g/mol. The molecule has 2 bridgehead atoms. The van der Waals surface area contributed by atoms with Gasteiger partial charge in [-0.2, -0.15) is 9.97 Å². The Morgan fingerprint density at radius 1 is 1.36 bits per heavy atom. The molecule has 0 saturated carbocycles. The van der Waals surface area contributed by atoms with E-state index in [1.807, 2.05) is 11.8 Å². The van der Waals surface area contributed by atoms with Gasteiger partial charge in [0.2, 0.25) is 11.8 Å². The lowest BCUT2D eigenvalue weighted by Gasteiger charge is -2.22. The topological polar surface area (TPSA) is 115 Å². The molecule has 2 aromatic heterocycles. The van der Waals surface area contributed by atoms with Crippen molar-refractivity contribution in [2.75, 3.05) is 23.5 Å². The Kier molecular flexibility index (Phi) is 3.75. The number of hydrogen-bond donors (Lipinski definition) is 2. The van der Waals surface area contributed by atoms with E-state index in [4.69, 9.17) is 15.2 Å². The van der Waals surface area contributed by atoms with Crippen molar-refractivity contribution < 1.29 is 14.3 Å². The van der Waals surface area contributed by atoms with Crippen LogP contribution in [0.2, 0.25) is 0 Å². The van der Waals surface area contributed by atoms with Crippen LogP contribution in [0.3, 0.4) is 0 Å². The highest BCUT2D eigenvalue weighted by atomic mass is 16.5. The van der Waals surface area contributed by atoms with E-state index in [-0.39, 0.29) is 17.5 Å². The van der Waals surface area contributed by atoms with E-state index in [0.29, 0.717) is 30.8 Å². The highest BCUT2D eigenvalue weighted by Crippen LogP contribution is 2.41. The molecule has 130 valence electrons. The number of nitrogens with two attached hydrogens (primary N) is 1. The lowest BCUT2D eigenvalue weighted by atomic mass is 10.2. The number of nitrogens with one attached hydrogen (secondary N) is 1. The number of aromatic nitrogens is 3. The van der Waals surface area contributed by atoms with Crippen LogP contribution < -0.4 is 25.4 Å². The Morgan fingerprint density at radius 2 is 2.24 bits per heavy atom. The van der Waals surface area contributed by atoms with Gasteiger partial charge in [0, 0.05) is 0 Å². The minimum absolute atomic E-state index is 0.124. The van der Waals surface area contributed by atoms with Gasteiger partial charge in [0.05, 0.1) is 19.4 Å². The maximum atomic E-state index is 11.7. The summed E-state index contributed by atoms with van der Waals surface area (Å²) in [4.78, 5) is 26.6. The first kappa shape index (κ1) is 15.4. The number of nitrogens with zero attached hydrogens (tertiary/aromatic N) is 4. The fraction of sp³-hybridized carbons (Fsp3) is 0.375. The second-order valence-electron chi connectivity index (χ2n) is 5.94. The number of carbonyl (C=O) groups is 1. The second-order valence-corrected chi connectivity index (χ2v) is 5.94. The average Bonchev–Trinajstić information content (AvgIpc) is 3.02. The molecule has 0 saturated heterocycles. The number of fused-ring (bicyclic) bond motifs is 3. The van der Waals surface area contributed by atoms with Gasteiger partial charge in [-0.1, -0.05) is 0 Å². The molecule has 9 heteroatoms. The Hall–Kier alpha value is -3.10. The number of pyridine rings is 1. The number of amides is 1. The van der Waals surface area contributed by atoms with E-state index in [9.17, 15) is 4.79 Å². The van der Waals surface area contributed by atoms with Crippen LogP contribution in [0.25, 0.3) is 0 Å². The van der Waals surface area contributed by atoms with Gasteiger partial charge in [-0.05, 0) is 31.9 Å². The van der Waals surface area contributed by atoms with Crippen molar-refractivity contribution in [1.82, 2.24) is 15.0 Å². The molecule has 0 aliphatic carbocycles. The molecule has 25 heavy (non-hydrogen) atoms. The molecule has 1 atom stereocenters. The van der Waals surface area contributed by atoms with Gasteiger partial charge < -0.3 is 25.4 Å². The first-order valence-electron chi connectivity index (χ1n) is 8.10. The van der Waals surface area contributed by atoms with E-state index >= 15 is 0 Å². The molecular formula is C16H18N6O3. The number of rotatable bonds is 1. The molecule has 0 radical (unpaired) electrons. The first-order chi connectivity index (χ1) is 12.1. The number of ether oxygens (including phenoxy) is 2. The van der Waals surface area contributed by atoms with Gasteiger partial charge in [-0.15, -0.1) is 0 Å². The molecule has 4 heterocycles.